The Morgan fingerprint density at radius 1 is 1.07 bits per heavy atom. The second-order valence-electron chi connectivity index (χ2n) is 11.0. The summed E-state index contributed by atoms with van der Waals surface area (Å²) < 4.78 is 33.9. The van der Waals surface area contributed by atoms with Crippen LogP contribution in [0, 0.1) is 11.6 Å². The summed E-state index contributed by atoms with van der Waals surface area (Å²) >= 11 is 0. The summed E-state index contributed by atoms with van der Waals surface area (Å²) in [6.45, 7) is 2.36. The number of halogens is 2. The summed E-state index contributed by atoms with van der Waals surface area (Å²) in [7, 11) is 1.64. The number of carbonyl (C=O) groups excluding carboxylic acids is 1. The Balaban J connectivity index is 1.25. The van der Waals surface area contributed by atoms with E-state index in [0.717, 1.165) is 55.5 Å². The van der Waals surface area contributed by atoms with Gasteiger partial charge in [0, 0.05) is 24.7 Å². The summed E-state index contributed by atoms with van der Waals surface area (Å²) in [5.74, 6) is -1.07. The Hall–Kier alpha value is -3.82. The summed E-state index contributed by atoms with van der Waals surface area (Å²) in [4.78, 5) is 23.1. The molecule has 1 N–H and O–H groups in total. The van der Waals surface area contributed by atoms with Gasteiger partial charge in [-0.05, 0) is 85.8 Å². The minimum absolute atomic E-state index is 0.0556. The van der Waals surface area contributed by atoms with Gasteiger partial charge in [0.05, 0.1) is 12.1 Å². The highest BCUT2D eigenvalue weighted by Crippen LogP contribution is 2.32. The lowest BCUT2D eigenvalue weighted by molar-refractivity contribution is -0.128. The summed E-state index contributed by atoms with van der Waals surface area (Å²) in [6, 6.07) is 15.7. The molecule has 2 heterocycles. The van der Waals surface area contributed by atoms with Crippen molar-refractivity contribution in [2.45, 2.75) is 50.5 Å². The molecule has 0 radical (unpaired) electrons. The maximum atomic E-state index is 14.9. The molecule has 214 valence electrons. The van der Waals surface area contributed by atoms with Gasteiger partial charge in [0.15, 0.2) is 17.3 Å². The lowest BCUT2D eigenvalue weighted by Crippen LogP contribution is -2.50. The predicted molar refractivity (Wildman–Crippen MR) is 150 cm³/mol. The van der Waals surface area contributed by atoms with Crippen LogP contribution in [0.3, 0.4) is 0 Å². The van der Waals surface area contributed by atoms with E-state index in [0.29, 0.717) is 17.7 Å². The number of likely N-dealkylation sites (N-methyl/N-ethyl adjacent to an activating group) is 1. The zero-order valence-corrected chi connectivity index (χ0v) is 22.9. The Kier molecular flexibility index (Phi) is 7.73. The molecule has 1 amide bonds. The molecule has 2 fully saturated rings. The van der Waals surface area contributed by atoms with E-state index in [1.54, 1.807) is 31.3 Å². The lowest BCUT2D eigenvalue weighted by Gasteiger charge is -2.35. The maximum Gasteiger partial charge on any atom is 0.276 e. The number of benzene rings is 3. The van der Waals surface area contributed by atoms with Gasteiger partial charge in [0.25, 0.3) is 5.91 Å². The Labute approximate surface area is 238 Å². The lowest BCUT2D eigenvalue weighted by atomic mass is 9.95. The van der Waals surface area contributed by atoms with Crippen LogP contribution in [-0.2, 0) is 16.2 Å². The number of likely N-dealkylation sites (tertiary alicyclic amines) is 1. The van der Waals surface area contributed by atoms with Crippen LogP contribution in [0.25, 0.3) is 11.1 Å². The van der Waals surface area contributed by atoms with Gasteiger partial charge >= 0.3 is 0 Å². The number of hydrogen-bond donors (Lipinski definition) is 1. The van der Waals surface area contributed by atoms with Crippen LogP contribution >= 0.6 is 0 Å². The molecule has 0 bridgehead atoms. The number of ether oxygens (including phenoxy) is 1. The minimum atomic E-state index is -1.14. The number of fused-ring (bicyclic) bond motifs is 1. The monoisotopic (exact) mass is 561 g/mol. The van der Waals surface area contributed by atoms with Gasteiger partial charge in [0.2, 0.25) is 0 Å². The Bertz CT molecular complexity index is 1450. The number of nitrogens with zero attached hydrogens (tertiary/aromatic N) is 3. The molecule has 0 spiro atoms. The molecule has 41 heavy (non-hydrogen) atoms. The predicted octanol–water partition coefficient (Wildman–Crippen LogP) is 5.06. The van der Waals surface area contributed by atoms with Gasteiger partial charge in [-0.2, -0.15) is 0 Å². The SMILES string of the molecule is CN(C(=O)C1=NOCc2cc(-c3ccc(F)cc3)ccc21)[C@H](CN1CCCC1)[C@H](O)c1ccc(OC2CC2)c(F)c1. The zero-order valence-electron chi connectivity index (χ0n) is 22.9. The third kappa shape index (κ3) is 5.96. The van der Waals surface area contributed by atoms with Crippen LogP contribution in [0.15, 0.2) is 65.8 Å². The molecule has 0 aromatic heterocycles. The molecule has 3 aromatic carbocycles. The third-order valence-corrected chi connectivity index (χ3v) is 8.06. The van der Waals surface area contributed by atoms with Crippen LogP contribution in [0.1, 0.15) is 48.5 Å². The van der Waals surface area contributed by atoms with E-state index in [1.165, 1.54) is 23.1 Å². The largest absolute Gasteiger partial charge is 0.487 e. The molecule has 2 atom stereocenters. The standard InChI is InChI=1S/C32H33F2N3O4/c1-36(32(39)30-26-12-6-21(16-23(26)19-40-35-30)20-4-8-24(33)9-5-20)28(18-37-14-2-3-15-37)31(38)22-7-13-29(27(34)17-22)41-25-10-11-25/h4-9,12-13,16-17,25,28,31,38H,2-3,10-11,14-15,18-19H2,1H3/t28-,31-/m1/s1. The molecule has 7 nitrogen and oxygen atoms in total. The van der Waals surface area contributed by atoms with Gasteiger partial charge in [-0.3, -0.25) is 4.79 Å². The zero-order chi connectivity index (χ0) is 28.5. The molecular weight excluding hydrogens is 528 g/mol. The summed E-state index contributed by atoms with van der Waals surface area (Å²) in [6.07, 6.45) is 2.84. The van der Waals surface area contributed by atoms with Crippen molar-refractivity contribution >= 4 is 11.6 Å². The van der Waals surface area contributed by atoms with E-state index in [4.69, 9.17) is 9.57 Å². The number of amides is 1. The first-order valence-corrected chi connectivity index (χ1v) is 14.1. The minimum Gasteiger partial charge on any atom is -0.487 e. The van der Waals surface area contributed by atoms with Crippen molar-refractivity contribution in [3.63, 3.8) is 0 Å². The van der Waals surface area contributed by atoms with E-state index in [-0.39, 0.29) is 30.0 Å². The average molecular weight is 562 g/mol. The van der Waals surface area contributed by atoms with E-state index in [2.05, 4.69) is 10.1 Å². The highest BCUT2D eigenvalue weighted by atomic mass is 19.1. The quantitative estimate of drug-likeness (QED) is 0.395. The molecular formula is C32H33F2N3O4. The van der Waals surface area contributed by atoms with Gasteiger partial charge < -0.3 is 24.5 Å². The van der Waals surface area contributed by atoms with Crippen molar-refractivity contribution in [2.24, 2.45) is 5.16 Å². The van der Waals surface area contributed by atoms with Crippen molar-refractivity contribution in [3.05, 3.63) is 89.0 Å². The second-order valence-corrected chi connectivity index (χ2v) is 11.0. The molecule has 0 unspecified atom stereocenters. The van der Waals surface area contributed by atoms with Crippen molar-refractivity contribution in [3.8, 4) is 16.9 Å². The first-order chi connectivity index (χ1) is 19.9. The Morgan fingerprint density at radius 2 is 1.80 bits per heavy atom. The molecule has 6 rings (SSSR count). The fraction of sp³-hybridized carbons (Fsp3) is 0.375. The van der Waals surface area contributed by atoms with Crippen LogP contribution in [0.4, 0.5) is 8.78 Å². The molecule has 9 heteroatoms. The summed E-state index contributed by atoms with van der Waals surface area (Å²) in [5.41, 5.74) is 3.65. The van der Waals surface area contributed by atoms with E-state index >= 15 is 0 Å². The number of rotatable bonds is 9. The van der Waals surface area contributed by atoms with E-state index < -0.39 is 23.9 Å². The van der Waals surface area contributed by atoms with Crippen molar-refractivity contribution in [1.82, 2.24) is 9.80 Å². The molecule has 1 saturated carbocycles. The van der Waals surface area contributed by atoms with Crippen LogP contribution in [0.2, 0.25) is 0 Å². The average Bonchev–Trinajstić information content (AvgIpc) is 3.66. The molecule has 1 saturated heterocycles. The molecule has 2 aliphatic heterocycles. The fourth-order valence-electron chi connectivity index (χ4n) is 5.50. The van der Waals surface area contributed by atoms with E-state index in [1.807, 2.05) is 18.2 Å². The maximum absolute atomic E-state index is 14.9. The fourth-order valence-corrected chi connectivity index (χ4v) is 5.50. The number of oxime groups is 1. The topological polar surface area (TPSA) is 74.6 Å². The Morgan fingerprint density at radius 3 is 2.51 bits per heavy atom. The van der Waals surface area contributed by atoms with Crippen LogP contribution in [0.5, 0.6) is 5.75 Å². The van der Waals surface area contributed by atoms with Gasteiger partial charge in [0.1, 0.15) is 18.5 Å². The number of hydrogen-bond acceptors (Lipinski definition) is 6. The smallest absolute Gasteiger partial charge is 0.276 e. The first kappa shape index (κ1) is 27.4. The molecule has 3 aromatic rings. The number of aliphatic hydroxyl groups excluding tert-OH is 1. The first-order valence-electron chi connectivity index (χ1n) is 14.1. The van der Waals surface area contributed by atoms with E-state index in [9.17, 15) is 18.7 Å². The summed E-state index contributed by atoms with van der Waals surface area (Å²) in [5, 5.41) is 15.6. The van der Waals surface area contributed by atoms with Gasteiger partial charge in [-0.15, -0.1) is 0 Å². The second kappa shape index (κ2) is 11.6. The van der Waals surface area contributed by atoms with Crippen molar-refractivity contribution in [1.29, 1.82) is 0 Å². The molecule has 3 aliphatic rings. The third-order valence-electron chi connectivity index (χ3n) is 8.06. The normalized spacial score (nSPS) is 18.2. The van der Waals surface area contributed by atoms with Crippen LogP contribution in [-0.4, -0.2) is 65.4 Å². The highest BCUT2D eigenvalue weighted by molar-refractivity contribution is 6.45. The van der Waals surface area contributed by atoms with Crippen molar-refractivity contribution in [2.75, 3.05) is 26.7 Å². The highest BCUT2D eigenvalue weighted by Gasteiger charge is 2.35. The van der Waals surface area contributed by atoms with Crippen LogP contribution < -0.4 is 4.74 Å². The van der Waals surface area contributed by atoms with Crippen molar-refractivity contribution < 1.29 is 28.3 Å². The number of aliphatic hydroxyl groups is 1. The molecule has 1 aliphatic carbocycles. The number of carbonyl (C=O) groups is 1. The van der Waals surface area contributed by atoms with Gasteiger partial charge in [-0.25, -0.2) is 8.78 Å². The van der Waals surface area contributed by atoms with Gasteiger partial charge in [-0.1, -0.05) is 35.5 Å².